The molecule has 8 heteroatoms. The molecule has 0 radical (unpaired) electrons. The van der Waals surface area contributed by atoms with Crippen molar-refractivity contribution in [2.75, 3.05) is 26.6 Å². The van der Waals surface area contributed by atoms with Crippen molar-refractivity contribution in [1.29, 1.82) is 0 Å². The van der Waals surface area contributed by atoms with E-state index >= 15 is 0 Å². The van der Waals surface area contributed by atoms with Gasteiger partial charge in [-0.1, -0.05) is 24.3 Å². The van der Waals surface area contributed by atoms with Crippen LogP contribution in [0.4, 0.5) is 5.69 Å². The van der Waals surface area contributed by atoms with E-state index in [0.29, 0.717) is 39.4 Å². The van der Waals surface area contributed by atoms with Gasteiger partial charge in [-0.3, -0.25) is 9.59 Å². The molecule has 0 unspecified atom stereocenters. The monoisotopic (exact) mass is 459 g/mol. The number of hydrogen-bond acceptors (Lipinski definition) is 5. The maximum Gasteiger partial charge on any atom is 0.270 e. The first-order valence-electron chi connectivity index (χ1n) is 10.6. The van der Waals surface area contributed by atoms with Crippen molar-refractivity contribution < 1.29 is 23.8 Å². The lowest BCUT2D eigenvalue weighted by molar-refractivity contribution is 0.0947. The van der Waals surface area contributed by atoms with E-state index in [9.17, 15) is 9.59 Å². The number of methoxy groups -OCH3 is 3. The van der Waals surface area contributed by atoms with Crippen molar-refractivity contribution in [3.63, 3.8) is 0 Å². The highest BCUT2D eigenvalue weighted by Gasteiger charge is 2.21. The fraction of sp³-hybridized carbons (Fsp3) is 0.154. The van der Waals surface area contributed by atoms with Crippen molar-refractivity contribution in [3.8, 4) is 17.2 Å². The summed E-state index contributed by atoms with van der Waals surface area (Å²) >= 11 is 0. The van der Waals surface area contributed by atoms with Gasteiger partial charge in [0.25, 0.3) is 11.8 Å². The van der Waals surface area contributed by atoms with Crippen LogP contribution in [-0.2, 0) is 6.54 Å². The second kappa shape index (κ2) is 9.99. The van der Waals surface area contributed by atoms with E-state index in [1.165, 1.54) is 0 Å². The molecule has 1 aromatic heterocycles. The van der Waals surface area contributed by atoms with Crippen molar-refractivity contribution in [3.05, 3.63) is 83.6 Å². The Morgan fingerprint density at radius 1 is 0.824 bits per heavy atom. The molecule has 174 valence electrons. The molecule has 8 nitrogen and oxygen atoms in total. The van der Waals surface area contributed by atoms with E-state index in [-0.39, 0.29) is 24.1 Å². The Bertz CT molecular complexity index is 1330. The quantitative estimate of drug-likeness (QED) is 0.363. The molecule has 0 aliphatic heterocycles. The first-order valence-corrected chi connectivity index (χ1v) is 10.6. The van der Waals surface area contributed by atoms with Crippen LogP contribution in [0.3, 0.4) is 0 Å². The van der Waals surface area contributed by atoms with Gasteiger partial charge >= 0.3 is 0 Å². The lowest BCUT2D eigenvalue weighted by Gasteiger charge is -2.11. The predicted molar refractivity (Wildman–Crippen MR) is 130 cm³/mol. The molecule has 34 heavy (non-hydrogen) atoms. The first kappa shape index (κ1) is 22.7. The largest absolute Gasteiger partial charge is 0.497 e. The van der Waals surface area contributed by atoms with E-state index in [0.717, 1.165) is 5.56 Å². The number of aromatic nitrogens is 1. The third-order valence-corrected chi connectivity index (χ3v) is 5.41. The van der Waals surface area contributed by atoms with Crippen molar-refractivity contribution in [1.82, 2.24) is 10.3 Å². The number of nitrogens with one attached hydrogen (secondary N) is 3. The van der Waals surface area contributed by atoms with Crippen molar-refractivity contribution in [2.45, 2.75) is 6.54 Å². The van der Waals surface area contributed by atoms with Gasteiger partial charge in [-0.05, 0) is 48.0 Å². The SMILES string of the molecule is COc1ccc2[nH]c(C(=O)NCc3ccc(OC)c(OC)c3)c(NC(=O)c3ccccc3)c2c1. The minimum atomic E-state index is -0.367. The molecule has 0 spiro atoms. The van der Waals surface area contributed by atoms with Crippen LogP contribution in [0, 0.1) is 0 Å². The molecule has 4 aromatic rings. The third-order valence-electron chi connectivity index (χ3n) is 5.41. The smallest absolute Gasteiger partial charge is 0.270 e. The fourth-order valence-electron chi connectivity index (χ4n) is 3.63. The molecule has 0 fully saturated rings. The molecule has 0 saturated carbocycles. The standard InChI is InChI=1S/C26H25N3O5/c1-32-18-10-11-20-19(14-18)23(29-25(30)17-7-5-4-6-8-17)24(28-20)26(31)27-15-16-9-12-21(33-2)22(13-16)34-3/h4-14,28H,15H2,1-3H3,(H,27,31)(H,29,30). The van der Waals surface area contributed by atoms with Crippen molar-refractivity contribution >= 4 is 28.4 Å². The summed E-state index contributed by atoms with van der Waals surface area (Å²) in [4.78, 5) is 29.2. The van der Waals surface area contributed by atoms with Crippen LogP contribution in [0.25, 0.3) is 10.9 Å². The number of rotatable bonds is 8. The highest BCUT2D eigenvalue weighted by atomic mass is 16.5. The van der Waals surface area contributed by atoms with E-state index in [1.54, 1.807) is 75.9 Å². The number of hydrogen-bond donors (Lipinski definition) is 3. The summed E-state index contributed by atoms with van der Waals surface area (Å²) in [5, 5.41) is 6.45. The molecule has 2 amide bonds. The van der Waals surface area contributed by atoms with Crippen LogP contribution in [0.15, 0.2) is 66.7 Å². The van der Waals surface area contributed by atoms with E-state index in [1.807, 2.05) is 12.1 Å². The Morgan fingerprint density at radius 3 is 2.29 bits per heavy atom. The van der Waals surface area contributed by atoms with Crippen LogP contribution in [0.5, 0.6) is 17.2 Å². The summed E-state index contributed by atoms with van der Waals surface area (Å²) in [6, 6.07) is 19.6. The number of amides is 2. The van der Waals surface area contributed by atoms with Gasteiger partial charge in [-0.2, -0.15) is 0 Å². The summed E-state index contributed by atoms with van der Waals surface area (Å²) in [6.07, 6.45) is 0. The highest BCUT2D eigenvalue weighted by Crippen LogP contribution is 2.32. The maximum absolute atomic E-state index is 13.2. The summed E-state index contributed by atoms with van der Waals surface area (Å²) in [5.41, 5.74) is 2.64. The third kappa shape index (κ3) is 4.66. The number of carbonyl (C=O) groups is 2. The molecule has 0 atom stereocenters. The Balaban J connectivity index is 1.63. The van der Waals surface area contributed by atoms with E-state index in [2.05, 4.69) is 15.6 Å². The first-order chi connectivity index (χ1) is 16.5. The second-order valence-electron chi connectivity index (χ2n) is 7.48. The molecule has 0 aliphatic carbocycles. The van der Waals surface area contributed by atoms with Gasteiger partial charge in [0.2, 0.25) is 0 Å². The number of H-pyrrole nitrogens is 1. The lowest BCUT2D eigenvalue weighted by Crippen LogP contribution is -2.25. The zero-order chi connectivity index (χ0) is 24.1. The molecule has 1 heterocycles. The van der Waals surface area contributed by atoms with Crippen LogP contribution in [0.1, 0.15) is 26.4 Å². The van der Waals surface area contributed by atoms with Gasteiger partial charge in [-0.15, -0.1) is 0 Å². The highest BCUT2D eigenvalue weighted by molar-refractivity contribution is 6.15. The zero-order valence-electron chi connectivity index (χ0n) is 19.1. The second-order valence-corrected chi connectivity index (χ2v) is 7.48. The topological polar surface area (TPSA) is 102 Å². The van der Waals surface area contributed by atoms with Crippen LogP contribution < -0.4 is 24.8 Å². The lowest BCUT2D eigenvalue weighted by atomic mass is 10.1. The van der Waals surface area contributed by atoms with Crippen LogP contribution in [-0.4, -0.2) is 38.1 Å². The number of carbonyl (C=O) groups excluding carboxylic acids is 2. The Hall–Kier alpha value is -4.46. The Morgan fingerprint density at radius 2 is 1.59 bits per heavy atom. The number of fused-ring (bicyclic) bond motifs is 1. The van der Waals surface area contributed by atoms with Crippen molar-refractivity contribution in [2.24, 2.45) is 0 Å². The zero-order valence-corrected chi connectivity index (χ0v) is 19.1. The molecular weight excluding hydrogens is 434 g/mol. The maximum atomic E-state index is 13.2. The van der Waals surface area contributed by atoms with Gasteiger partial charge < -0.3 is 29.8 Å². The van der Waals surface area contributed by atoms with Gasteiger partial charge in [0, 0.05) is 23.0 Å². The average Bonchev–Trinajstić information content (AvgIpc) is 3.24. The van der Waals surface area contributed by atoms with E-state index in [4.69, 9.17) is 14.2 Å². The Labute approximate surface area is 196 Å². The summed E-state index contributed by atoms with van der Waals surface area (Å²) < 4.78 is 15.9. The summed E-state index contributed by atoms with van der Waals surface area (Å²) in [6.45, 7) is 0.254. The van der Waals surface area contributed by atoms with Gasteiger partial charge in [0.05, 0.1) is 27.0 Å². The van der Waals surface area contributed by atoms with Crippen LogP contribution in [0.2, 0.25) is 0 Å². The van der Waals surface area contributed by atoms with Crippen LogP contribution >= 0.6 is 0 Å². The Kier molecular flexibility index (Phi) is 6.68. The summed E-state index contributed by atoms with van der Waals surface area (Å²) in [7, 11) is 4.68. The number of anilines is 1. The predicted octanol–water partition coefficient (Wildman–Crippen LogP) is 4.38. The molecule has 0 saturated heterocycles. The minimum absolute atomic E-state index is 0.244. The molecular formula is C26H25N3O5. The number of benzene rings is 3. The summed E-state index contributed by atoms with van der Waals surface area (Å²) in [5.74, 6) is 1.10. The average molecular weight is 460 g/mol. The molecule has 3 aromatic carbocycles. The van der Waals surface area contributed by atoms with Gasteiger partial charge in [-0.25, -0.2) is 0 Å². The molecule has 0 aliphatic rings. The minimum Gasteiger partial charge on any atom is -0.497 e. The normalized spacial score (nSPS) is 10.6. The molecule has 0 bridgehead atoms. The number of ether oxygens (including phenoxy) is 3. The number of aromatic amines is 1. The fourth-order valence-corrected chi connectivity index (χ4v) is 3.63. The van der Waals surface area contributed by atoms with Gasteiger partial charge in [0.1, 0.15) is 11.4 Å². The molecule has 3 N–H and O–H groups in total. The van der Waals surface area contributed by atoms with E-state index < -0.39 is 0 Å². The molecule has 4 rings (SSSR count). The van der Waals surface area contributed by atoms with Gasteiger partial charge in [0.15, 0.2) is 11.5 Å².